The SMILES string of the molecule is NC(O)CN1CCC(c2ccc(C(OCc3c(F)cccc3F)(C(F)(F)F)C(F)(F)F)cc2)(S(=O)(=O)c2ccc(F)cc2)C1. The highest BCUT2D eigenvalue weighted by Gasteiger charge is 2.73. The third kappa shape index (κ3) is 5.92. The van der Waals surface area contributed by atoms with Gasteiger partial charge in [-0.15, -0.1) is 0 Å². The van der Waals surface area contributed by atoms with E-state index in [1.807, 2.05) is 0 Å². The van der Waals surface area contributed by atoms with Crippen LogP contribution in [0.25, 0.3) is 0 Å². The van der Waals surface area contributed by atoms with Crippen LogP contribution in [0.2, 0.25) is 0 Å². The van der Waals surface area contributed by atoms with Gasteiger partial charge in [0.15, 0.2) is 9.84 Å². The van der Waals surface area contributed by atoms with Crippen LogP contribution in [-0.2, 0) is 31.5 Å². The van der Waals surface area contributed by atoms with E-state index in [0.29, 0.717) is 24.3 Å². The van der Waals surface area contributed by atoms with Crippen molar-refractivity contribution in [1.82, 2.24) is 4.90 Å². The molecule has 0 radical (unpaired) electrons. The van der Waals surface area contributed by atoms with Crippen LogP contribution in [0, 0.1) is 17.5 Å². The van der Waals surface area contributed by atoms with Gasteiger partial charge in [-0.1, -0.05) is 30.3 Å². The minimum absolute atomic E-state index is 0.0167. The second-order valence-electron chi connectivity index (χ2n) is 10.2. The zero-order valence-corrected chi connectivity index (χ0v) is 23.3. The number of hydrogen-bond acceptors (Lipinski definition) is 6. The number of ether oxygens (including phenoxy) is 1. The molecule has 2 unspecified atom stereocenters. The molecule has 0 aromatic heterocycles. The topological polar surface area (TPSA) is 92.9 Å². The van der Waals surface area contributed by atoms with E-state index in [-0.39, 0.29) is 36.5 Å². The number of halogens is 9. The molecule has 4 rings (SSSR count). The third-order valence-corrected chi connectivity index (χ3v) is 10.00. The highest BCUT2D eigenvalue weighted by Crippen LogP contribution is 2.54. The Hall–Kier alpha value is -3.18. The molecule has 16 heteroatoms. The average molecular weight is 657 g/mol. The van der Waals surface area contributed by atoms with Crippen LogP contribution in [0.5, 0.6) is 0 Å². The fourth-order valence-corrected chi connectivity index (χ4v) is 7.43. The molecule has 1 fully saturated rings. The fraction of sp³-hybridized carbons (Fsp3) is 0.357. The van der Waals surface area contributed by atoms with E-state index in [4.69, 9.17) is 5.73 Å². The van der Waals surface area contributed by atoms with Crippen LogP contribution in [0.1, 0.15) is 23.1 Å². The maximum atomic E-state index is 14.4. The molecule has 6 nitrogen and oxygen atoms in total. The van der Waals surface area contributed by atoms with Gasteiger partial charge < -0.3 is 15.6 Å². The molecule has 3 aromatic carbocycles. The van der Waals surface area contributed by atoms with Crippen molar-refractivity contribution in [2.75, 3.05) is 19.6 Å². The lowest BCUT2D eigenvalue weighted by molar-refractivity contribution is -0.392. The van der Waals surface area contributed by atoms with Gasteiger partial charge in [0.1, 0.15) is 28.4 Å². The Kier molecular flexibility index (Phi) is 9.17. The molecule has 0 amide bonds. The average Bonchev–Trinajstić information content (AvgIpc) is 3.34. The number of aliphatic hydroxyl groups is 1. The van der Waals surface area contributed by atoms with E-state index in [2.05, 4.69) is 4.74 Å². The van der Waals surface area contributed by atoms with Crippen LogP contribution in [0.4, 0.5) is 39.5 Å². The van der Waals surface area contributed by atoms with E-state index in [1.165, 1.54) is 4.90 Å². The lowest BCUT2D eigenvalue weighted by Gasteiger charge is -2.38. The van der Waals surface area contributed by atoms with E-state index in [0.717, 1.165) is 42.5 Å². The lowest BCUT2D eigenvalue weighted by Crippen LogP contribution is -2.56. The first-order valence-corrected chi connectivity index (χ1v) is 14.3. The molecule has 0 saturated carbocycles. The van der Waals surface area contributed by atoms with Crippen molar-refractivity contribution >= 4 is 9.84 Å². The Morgan fingerprint density at radius 1 is 0.886 bits per heavy atom. The number of alkyl halides is 6. The molecule has 1 aliphatic rings. The van der Waals surface area contributed by atoms with Crippen molar-refractivity contribution in [3.05, 3.63) is 101 Å². The third-order valence-electron chi connectivity index (χ3n) is 7.51. The van der Waals surface area contributed by atoms with E-state index >= 15 is 0 Å². The van der Waals surface area contributed by atoms with Crippen LogP contribution in [0.3, 0.4) is 0 Å². The van der Waals surface area contributed by atoms with Gasteiger partial charge in [0.05, 0.1) is 11.5 Å². The summed E-state index contributed by atoms with van der Waals surface area (Å²) in [6.45, 7) is -2.31. The van der Waals surface area contributed by atoms with Crippen molar-refractivity contribution in [1.29, 1.82) is 0 Å². The quantitative estimate of drug-likeness (QED) is 0.185. The van der Waals surface area contributed by atoms with Crippen LogP contribution >= 0.6 is 0 Å². The molecular weight excluding hydrogens is 631 g/mol. The van der Waals surface area contributed by atoms with Crippen molar-refractivity contribution < 1.29 is 57.8 Å². The predicted octanol–water partition coefficient (Wildman–Crippen LogP) is 5.29. The lowest BCUT2D eigenvalue weighted by atomic mass is 9.88. The summed E-state index contributed by atoms with van der Waals surface area (Å²) in [5.41, 5.74) is -2.55. The van der Waals surface area contributed by atoms with Gasteiger partial charge in [0, 0.05) is 30.8 Å². The first-order valence-electron chi connectivity index (χ1n) is 12.8. The molecule has 0 bridgehead atoms. The molecular formula is C28H25F9N2O4S. The molecule has 0 spiro atoms. The zero-order valence-electron chi connectivity index (χ0n) is 22.5. The Balaban J connectivity index is 1.84. The highest BCUT2D eigenvalue weighted by molar-refractivity contribution is 7.92. The van der Waals surface area contributed by atoms with Gasteiger partial charge in [-0.2, -0.15) is 26.3 Å². The number of rotatable bonds is 9. The summed E-state index contributed by atoms with van der Waals surface area (Å²) in [6.07, 6.45) is -14.0. The van der Waals surface area contributed by atoms with Gasteiger partial charge in [-0.3, -0.25) is 4.90 Å². The minimum atomic E-state index is -6.20. The summed E-state index contributed by atoms with van der Waals surface area (Å²) in [7, 11) is -4.49. The predicted molar refractivity (Wildman–Crippen MR) is 138 cm³/mol. The van der Waals surface area contributed by atoms with Gasteiger partial charge in [-0.25, -0.2) is 21.6 Å². The summed E-state index contributed by atoms with van der Waals surface area (Å²) in [5.74, 6) is -3.62. The molecule has 0 aliphatic carbocycles. The van der Waals surface area contributed by atoms with E-state index in [1.54, 1.807) is 0 Å². The fourth-order valence-electron chi connectivity index (χ4n) is 5.32. The van der Waals surface area contributed by atoms with Crippen molar-refractivity contribution in [2.45, 2.75) is 46.9 Å². The Labute approximate surface area is 245 Å². The Morgan fingerprint density at radius 2 is 1.43 bits per heavy atom. The molecule has 3 N–H and O–H groups in total. The zero-order chi connectivity index (χ0) is 32.7. The highest BCUT2D eigenvalue weighted by atomic mass is 32.2. The molecule has 44 heavy (non-hydrogen) atoms. The first-order chi connectivity index (χ1) is 20.4. The normalized spacial score (nSPS) is 19.3. The number of hydrogen-bond donors (Lipinski definition) is 2. The number of benzene rings is 3. The summed E-state index contributed by atoms with van der Waals surface area (Å²) < 4.78 is 158. The molecule has 240 valence electrons. The number of aliphatic hydroxyl groups excluding tert-OH is 1. The van der Waals surface area contributed by atoms with Crippen LogP contribution < -0.4 is 5.73 Å². The second-order valence-corrected chi connectivity index (χ2v) is 12.5. The maximum absolute atomic E-state index is 14.4. The van der Waals surface area contributed by atoms with Crippen molar-refractivity contribution in [3.8, 4) is 0 Å². The van der Waals surface area contributed by atoms with Gasteiger partial charge in [0.25, 0.3) is 5.60 Å². The number of nitrogens with zero attached hydrogens (tertiary/aromatic N) is 1. The van der Waals surface area contributed by atoms with E-state index < -0.39 is 74.0 Å². The first kappa shape index (κ1) is 33.7. The molecule has 1 heterocycles. The van der Waals surface area contributed by atoms with E-state index in [9.17, 15) is 53.0 Å². The van der Waals surface area contributed by atoms with Crippen LogP contribution in [-0.4, -0.2) is 56.6 Å². The maximum Gasteiger partial charge on any atom is 0.430 e. The second kappa shape index (κ2) is 12.0. The monoisotopic (exact) mass is 656 g/mol. The molecule has 1 saturated heterocycles. The Bertz CT molecular complexity index is 1540. The number of likely N-dealkylation sites (tertiary alicyclic amines) is 1. The minimum Gasteiger partial charge on any atom is -0.377 e. The van der Waals surface area contributed by atoms with Gasteiger partial charge in [0.2, 0.25) is 0 Å². The standard InChI is InChI=1S/C28H25F9N2O4S/c29-19-8-10-20(11-9-19)44(41,42)25(12-13-39(16-25)14-24(38)40)17-4-6-18(7-5-17)26(27(32,33)34,28(35,36)37)43-15-21-22(30)2-1-3-23(21)31/h1-11,24,40H,12-16,38H2. The number of nitrogens with two attached hydrogens (primary N) is 1. The number of β-amino-alcohol motifs (C(OH)–C–C–N with tert-alkyl or cyclic N) is 1. The van der Waals surface area contributed by atoms with Crippen molar-refractivity contribution in [3.63, 3.8) is 0 Å². The number of sulfone groups is 1. The largest absolute Gasteiger partial charge is 0.430 e. The molecule has 1 aliphatic heterocycles. The summed E-state index contributed by atoms with van der Waals surface area (Å²) >= 11 is 0. The smallest absolute Gasteiger partial charge is 0.377 e. The van der Waals surface area contributed by atoms with Gasteiger partial charge >= 0.3 is 12.4 Å². The van der Waals surface area contributed by atoms with Crippen LogP contribution in [0.15, 0.2) is 71.6 Å². The summed E-state index contributed by atoms with van der Waals surface area (Å²) in [5, 5.41) is 9.62. The molecule has 2 atom stereocenters. The van der Waals surface area contributed by atoms with Crippen molar-refractivity contribution in [2.24, 2.45) is 5.73 Å². The summed E-state index contributed by atoms with van der Waals surface area (Å²) in [4.78, 5) is 1.08. The molecule has 3 aromatic rings. The Morgan fingerprint density at radius 3 is 1.93 bits per heavy atom. The summed E-state index contributed by atoms with van der Waals surface area (Å²) in [6, 6.07) is 8.10. The van der Waals surface area contributed by atoms with Gasteiger partial charge in [-0.05, 0) is 48.4 Å².